The van der Waals surface area contributed by atoms with Gasteiger partial charge in [0, 0.05) is 43.5 Å². The molecule has 208 valence electrons. The van der Waals surface area contributed by atoms with Gasteiger partial charge >= 0.3 is 0 Å². The number of pyridine rings is 1. The van der Waals surface area contributed by atoms with Gasteiger partial charge in [0.05, 0.1) is 11.5 Å². The van der Waals surface area contributed by atoms with Crippen LogP contribution in [0.3, 0.4) is 0 Å². The zero-order valence-corrected chi connectivity index (χ0v) is 24.2. The lowest BCUT2D eigenvalue weighted by atomic mass is 9.97. The normalized spacial score (nSPS) is 21.0. The third kappa shape index (κ3) is 6.64. The fraction of sp³-hybridized carbons (Fsp3) is 0.600. The number of nitrogens with zero attached hydrogens (tertiary/aromatic N) is 3. The number of hydrogen-bond acceptors (Lipinski definition) is 5. The van der Waals surface area contributed by atoms with Gasteiger partial charge in [-0.15, -0.1) is 0 Å². The molecule has 2 aliphatic rings. The average molecular weight is 542 g/mol. The van der Waals surface area contributed by atoms with Crippen molar-refractivity contribution < 1.29 is 17.9 Å². The highest BCUT2D eigenvalue weighted by atomic mass is 32.2. The topological polar surface area (TPSA) is 79.8 Å². The van der Waals surface area contributed by atoms with Gasteiger partial charge in [-0.3, -0.25) is 9.78 Å². The number of rotatable bonds is 9. The smallest absolute Gasteiger partial charge is 0.248 e. The van der Waals surface area contributed by atoms with Crippen LogP contribution < -0.4 is 0 Å². The van der Waals surface area contributed by atoms with Crippen molar-refractivity contribution >= 4 is 15.9 Å². The van der Waals surface area contributed by atoms with Crippen LogP contribution in [0.1, 0.15) is 73.4 Å². The maximum atomic E-state index is 13.7. The molecule has 2 atom stereocenters. The predicted octanol–water partition coefficient (Wildman–Crippen LogP) is 4.75. The van der Waals surface area contributed by atoms with Gasteiger partial charge in [0.15, 0.2) is 0 Å². The third-order valence-electron chi connectivity index (χ3n) is 7.97. The van der Waals surface area contributed by atoms with Crippen molar-refractivity contribution in [2.45, 2.75) is 96.0 Å². The summed E-state index contributed by atoms with van der Waals surface area (Å²) < 4.78 is 35.0. The first kappa shape index (κ1) is 28.7. The van der Waals surface area contributed by atoms with E-state index in [2.05, 4.69) is 24.0 Å². The van der Waals surface area contributed by atoms with E-state index in [4.69, 9.17) is 4.74 Å². The van der Waals surface area contributed by atoms with Crippen LogP contribution in [-0.4, -0.2) is 66.9 Å². The van der Waals surface area contributed by atoms with Gasteiger partial charge in [0.2, 0.25) is 15.9 Å². The molecule has 0 spiro atoms. The largest absolute Gasteiger partial charge is 0.370 e. The third-order valence-corrected chi connectivity index (χ3v) is 10.2. The molecule has 7 nitrogen and oxygen atoms in total. The van der Waals surface area contributed by atoms with E-state index in [0.717, 1.165) is 80.3 Å². The number of piperidine rings is 2. The quantitative estimate of drug-likeness (QED) is 0.458. The number of carbonyl (C=O) groups is 1. The minimum atomic E-state index is -3.66. The lowest BCUT2D eigenvalue weighted by molar-refractivity contribution is -0.140. The molecule has 3 heterocycles. The van der Waals surface area contributed by atoms with Crippen LogP contribution in [0.15, 0.2) is 35.4 Å². The van der Waals surface area contributed by atoms with Crippen LogP contribution >= 0.6 is 0 Å². The standard InChI is InChI=1S/C30H43N3O4S/c1-5-25-12-13-26(31-19-25)18-27-10-6-8-14-32(27)29(34)21-37-20-28-11-7-9-15-33(28)38(35,36)30-23(3)16-22(2)17-24(30)4/h12-13,16-17,19,27-28H,5-11,14-15,18,20-21H2,1-4H3. The van der Waals surface area contributed by atoms with Crippen LogP contribution in [0.5, 0.6) is 0 Å². The van der Waals surface area contributed by atoms with Crippen LogP contribution in [0.4, 0.5) is 0 Å². The van der Waals surface area contributed by atoms with Crippen molar-refractivity contribution in [2.24, 2.45) is 0 Å². The number of aryl methyl sites for hydroxylation is 4. The second-order valence-corrected chi connectivity index (χ2v) is 12.8. The highest BCUT2D eigenvalue weighted by Gasteiger charge is 2.36. The van der Waals surface area contributed by atoms with E-state index in [-0.39, 0.29) is 31.2 Å². The minimum Gasteiger partial charge on any atom is -0.370 e. The molecule has 0 saturated carbocycles. The van der Waals surface area contributed by atoms with E-state index >= 15 is 0 Å². The van der Waals surface area contributed by atoms with Crippen molar-refractivity contribution in [1.29, 1.82) is 0 Å². The van der Waals surface area contributed by atoms with E-state index in [1.54, 1.807) is 4.31 Å². The molecule has 2 aromatic rings. The number of sulfonamides is 1. The van der Waals surface area contributed by atoms with Crippen molar-refractivity contribution in [3.8, 4) is 0 Å². The SMILES string of the molecule is CCc1ccc(CC2CCCCN2C(=O)COCC2CCCCN2S(=O)(=O)c2c(C)cc(C)cc2C)nc1. The molecule has 0 aliphatic carbocycles. The fourth-order valence-corrected chi connectivity index (χ4v) is 8.18. The fourth-order valence-electron chi connectivity index (χ4n) is 6.08. The Balaban J connectivity index is 1.38. The number of amides is 1. The maximum absolute atomic E-state index is 13.7. The first-order valence-electron chi connectivity index (χ1n) is 14.1. The lowest BCUT2D eigenvalue weighted by Crippen LogP contribution is -2.48. The van der Waals surface area contributed by atoms with E-state index < -0.39 is 10.0 Å². The van der Waals surface area contributed by atoms with E-state index in [9.17, 15) is 13.2 Å². The molecular formula is C30H43N3O4S. The molecule has 8 heteroatoms. The highest BCUT2D eigenvalue weighted by Crippen LogP contribution is 2.30. The molecule has 38 heavy (non-hydrogen) atoms. The van der Waals surface area contributed by atoms with Crippen molar-refractivity contribution in [1.82, 2.24) is 14.2 Å². The van der Waals surface area contributed by atoms with Gasteiger partial charge in [-0.2, -0.15) is 4.31 Å². The lowest BCUT2D eigenvalue weighted by Gasteiger charge is -2.37. The monoisotopic (exact) mass is 541 g/mol. The number of hydrogen-bond donors (Lipinski definition) is 0. The zero-order valence-electron chi connectivity index (χ0n) is 23.4. The van der Waals surface area contributed by atoms with Crippen LogP contribution in [0.2, 0.25) is 0 Å². The molecule has 1 amide bonds. The Bertz CT molecular complexity index is 1190. The Kier molecular flexibility index (Phi) is 9.60. The molecule has 2 unspecified atom stereocenters. The maximum Gasteiger partial charge on any atom is 0.248 e. The Labute approximate surface area is 228 Å². The van der Waals surface area contributed by atoms with E-state index in [1.165, 1.54) is 5.56 Å². The van der Waals surface area contributed by atoms with Gasteiger partial charge < -0.3 is 9.64 Å². The molecule has 2 aliphatic heterocycles. The second-order valence-electron chi connectivity index (χ2n) is 11.0. The second kappa shape index (κ2) is 12.7. The van der Waals surface area contributed by atoms with Gasteiger partial charge in [0.25, 0.3) is 0 Å². The summed E-state index contributed by atoms with van der Waals surface area (Å²) in [5, 5.41) is 0. The van der Waals surface area contributed by atoms with Gasteiger partial charge in [-0.05, 0) is 82.1 Å². The predicted molar refractivity (Wildman–Crippen MR) is 150 cm³/mol. The summed E-state index contributed by atoms with van der Waals surface area (Å²) in [6.07, 6.45) is 9.23. The molecular weight excluding hydrogens is 498 g/mol. The molecule has 4 rings (SSSR count). The Hall–Kier alpha value is -2.29. The number of aromatic nitrogens is 1. The highest BCUT2D eigenvalue weighted by molar-refractivity contribution is 7.89. The molecule has 0 bridgehead atoms. The molecule has 1 aromatic carbocycles. The van der Waals surface area contributed by atoms with Crippen LogP contribution in [0, 0.1) is 20.8 Å². The summed E-state index contributed by atoms with van der Waals surface area (Å²) in [6, 6.07) is 7.90. The molecule has 0 N–H and O–H groups in total. The summed E-state index contributed by atoms with van der Waals surface area (Å²) in [5.74, 6) is -0.0182. The van der Waals surface area contributed by atoms with Crippen molar-refractivity contribution in [3.05, 3.63) is 58.4 Å². The van der Waals surface area contributed by atoms with Gasteiger partial charge in [-0.1, -0.05) is 37.1 Å². The number of carbonyl (C=O) groups excluding carboxylic acids is 1. The minimum absolute atomic E-state index is 0.0182. The molecule has 0 radical (unpaired) electrons. The molecule has 1 aromatic heterocycles. The first-order chi connectivity index (χ1) is 18.2. The molecule has 2 saturated heterocycles. The summed E-state index contributed by atoms with van der Waals surface area (Å²) >= 11 is 0. The number of ether oxygens (including phenoxy) is 1. The zero-order chi connectivity index (χ0) is 27.3. The Morgan fingerprint density at radius 2 is 1.68 bits per heavy atom. The number of likely N-dealkylation sites (tertiary alicyclic amines) is 1. The van der Waals surface area contributed by atoms with Crippen LogP contribution in [-0.2, 0) is 32.4 Å². The van der Waals surface area contributed by atoms with E-state index in [0.29, 0.717) is 11.4 Å². The summed E-state index contributed by atoms with van der Waals surface area (Å²) in [4.78, 5) is 20.2. The van der Waals surface area contributed by atoms with Crippen molar-refractivity contribution in [3.63, 3.8) is 0 Å². The Morgan fingerprint density at radius 3 is 2.34 bits per heavy atom. The van der Waals surface area contributed by atoms with Gasteiger partial charge in [-0.25, -0.2) is 8.42 Å². The summed E-state index contributed by atoms with van der Waals surface area (Å²) in [6.45, 7) is 9.25. The summed E-state index contributed by atoms with van der Waals surface area (Å²) in [5.41, 5.74) is 4.83. The van der Waals surface area contributed by atoms with Crippen LogP contribution in [0.25, 0.3) is 0 Å². The van der Waals surface area contributed by atoms with Gasteiger partial charge in [0.1, 0.15) is 6.61 Å². The average Bonchev–Trinajstić information content (AvgIpc) is 2.89. The molecule has 2 fully saturated rings. The van der Waals surface area contributed by atoms with E-state index in [1.807, 2.05) is 44.0 Å². The first-order valence-corrected chi connectivity index (χ1v) is 15.6. The van der Waals surface area contributed by atoms with Crippen molar-refractivity contribution in [2.75, 3.05) is 26.3 Å². The summed E-state index contributed by atoms with van der Waals surface area (Å²) in [7, 11) is -3.66. The number of benzene rings is 1. The Morgan fingerprint density at radius 1 is 1.00 bits per heavy atom.